The molecule has 0 nitrogen and oxygen atoms in total. The predicted molar refractivity (Wildman–Crippen MR) is 81.3 cm³/mol. The molecule has 0 heteroatoms. The van der Waals surface area contributed by atoms with E-state index in [1.54, 1.807) is 0 Å². The van der Waals surface area contributed by atoms with Crippen LogP contribution in [0, 0.1) is 41.5 Å². The van der Waals surface area contributed by atoms with Gasteiger partial charge in [-0.3, -0.25) is 0 Å². The second-order valence-corrected chi connectivity index (χ2v) is 5.18. The summed E-state index contributed by atoms with van der Waals surface area (Å²) in [6.07, 6.45) is 0. The van der Waals surface area contributed by atoms with Gasteiger partial charge in [0.2, 0.25) is 0 Å². The summed E-state index contributed by atoms with van der Waals surface area (Å²) in [6, 6.07) is 12.9. The predicted octanol–water partition coefficient (Wildman–Crippen LogP) is 5.22. The Kier molecular flexibility index (Phi) is 5.15. The Bertz CT molecular complexity index is 451. The molecule has 0 spiro atoms. The first kappa shape index (κ1) is 14.5. The summed E-state index contributed by atoms with van der Waals surface area (Å²) in [6.45, 7) is 12.8. The Labute approximate surface area is 112 Å². The van der Waals surface area contributed by atoms with Crippen molar-refractivity contribution in [2.24, 2.45) is 0 Å². The molecule has 2 aromatic rings. The van der Waals surface area contributed by atoms with Crippen LogP contribution in [0.3, 0.4) is 0 Å². The highest BCUT2D eigenvalue weighted by atomic mass is 14.0. The van der Waals surface area contributed by atoms with Gasteiger partial charge in [0.15, 0.2) is 0 Å². The number of benzene rings is 2. The summed E-state index contributed by atoms with van der Waals surface area (Å²) in [5.41, 5.74) is 8.25. The van der Waals surface area contributed by atoms with Gasteiger partial charge in [-0.25, -0.2) is 0 Å². The summed E-state index contributed by atoms with van der Waals surface area (Å²) < 4.78 is 0. The highest BCUT2D eigenvalue weighted by Crippen LogP contribution is 2.10. The van der Waals surface area contributed by atoms with E-state index < -0.39 is 0 Å². The summed E-state index contributed by atoms with van der Waals surface area (Å²) in [5, 5.41) is 0. The molecule has 0 aliphatic heterocycles. The van der Waals surface area contributed by atoms with Gasteiger partial charge in [0.25, 0.3) is 0 Å². The van der Waals surface area contributed by atoms with E-state index in [0.29, 0.717) is 0 Å². The fourth-order valence-corrected chi connectivity index (χ4v) is 2.10. The van der Waals surface area contributed by atoms with Gasteiger partial charge in [-0.1, -0.05) is 53.1 Å². The molecule has 0 fully saturated rings. The third kappa shape index (κ3) is 4.37. The van der Waals surface area contributed by atoms with Crippen molar-refractivity contribution in [3.8, 4) is 0 Å². The number of aryl methyl sites for hydroxylation is 5. The summed E-state index contributed by atoms with van der Waals surface area (Å²) in [4.78, 5) is 0. The number of rotatable bonds is 0. The van der Waals surface area contributed by atoms with Crippen LogP contribution in [0.4, 0.5) is 0 Å². The average Bonchev–Trinajstić information content (AvgIpc) is 2.24. The summed E-state index contributed by atoms with van der Waals surface area (Å²) >= 11 is 0. The molecule has 0 amide bonds. The van der Waals surface area contributed by atoms with Crippen molar-refractivity contribution >= 4 is 0 Å². The van der Waals surface area contributed by atoms with Gasteiger partial charge in [-0.05, 0) is 58.2 Å². The molecule has 0 aromatic heterocycles. The van der Waals surface area contributed by atoms with Crippen LogP contribution in [-0.4, -0.2) is 0 Å². The molecule has 0 heterocycles. The van der Waals surface area contributed by atoms with Crippen molar-refractivity contribution in [1.82, 2.24) is 0 Å². The fraction of sp³-hybridized carbons (Fsp3) is 0.333. The zero-order chi connectivity index (χ0) is 13.7. The minimum Gasteiger partial charge on any atom is -0.0617 e. The maximum atomic E-state index is 2.19. The third-order valence-corrected chi connectivity index (χ3v) is 3.24. The minimum absolute atomic E-state index is 1.35. The molecule has 0 N–H and O–H groups in total. The number of hydrogen-bond donors (Lipinski definition) is 0. The molecule has 18 heavy (non-hydrogen) atoms. The molecule has 0 aliphatic rings. The van der Waals surface area contributed by atoms with Crippen LogP contribution in [0.15, 0.2) is 36.4 Å². The number of hydrogen-bond acceptors (Lipinski definition) is 0. The Morgan fingerprint density at radius 1 is 0.556 bits per heavy atom. The first-order valence-corrected chi connectivity index (χ1v) is 6.48. The van der Waals surface area contributed by atoms with Crippen LogP contribution in [0.25, 0.3) is 0 Å². The molecule has 0 aliphatic carbocycles. The molecular formula is C18H24. The first-order valence-electron chi connectivity index (χ1n) is 6.48. The maximum absolute atomic E-state index is 2.19. The van der Waals surface area contributed by atoms with E-state index in [4.69, 9.17) is 0 Å². The smallest absolute Gasteiger partial charge is 0.0392 e. The molecule has 0 atom stereocenters. The lowest BCUT2D eigenvalue weighted by atomic mass is 10.1. The van der Waals surface area contributed by atoms with E-state index in [2.05, 4.69) is 77.9 Å². The normalized spacial score (nSPS) is 9.67. The van der Waals surface area contributed by atoms with Crippen molar-refractivity contribution < 1.29 is 0 Å². The lowest BCUT2D eigenvalue weighted by molar-refractivity contribution is 1.27. The highest BCUT2D eigenvalue weighted by Gasteiger charge is 1.91. The Hall–Kier alpha value is -1.56. The lowest BCUT2D eigenvalue weighted by Crippen LogP contribution is -1.82. The van der Waals surface area contributed by atoms with Crippen molar-refractivity contribution in [3.63, 3.8) is 0 Å². The van der Waals surface area contributed by atoms with Crippen LogP contribution in [0.1, 0.15) is 33.4 Å². The maximum Gasteiger partial charge on any atom is -0.0392 e. The Balaban J connectivity index is 0.000000180. The van der Waals surface area contributed by atoms with Gasteiger partial charge in [0.05, 0.1) is 0 Å². The van der Waals surface area contributed by atoms with Crippen LogP contribution in [0.2, 0.25) is 0 Å². The fourth-order valence-electron chi connectivity index (χ4n) is 2.10. The molecule has 0 bridgehead atoms. The third-order valence-electron chi connectivity index (χ3n) is 3.24. The molecule has 2 aromatic carbocycles. The van der Waals surface area contributed by atoms with Gasteiger partial charge in [0, 0.05) is 0 Å². The van der Waals surface area contributed by atoms with Crippen LogP contribution in [-0.2, 0) is 0 Å². The van der Waals surface area contributed by atoms with Gasteiger partial charge in [0.1, 0.15) is 0 Å². The van der Waals surface area contributed by atoms with Crippen LogP contribution in [0.5, 0.6) is 0 Å². The Morgan fingerprint density at radius 3 is 1.17 bits per heavy atom. The van der Waals surface area contributed by atoms with Gasteiger partial charge in [-0.15, -0.1) is 0 Å². The monoisotopic (exact) mass is 240 g/mol. The minimum atomic E-state index is 1.35. The van der Waals surface area contributed by atoms with Crippen LogP contribution >= 0.6 is 0 Å². The zero-order valence-electron chi connectivity index (χ0n) is 12.5. The standard InChI is InChI=1S/2C9H12/c1-7-4-8(2)6-9(3)5-7;1-7-5-4-6-8(2)9(7)3/h2*4-6H,1-3H3. The van der Waals surface area contributed by atoms with E-state index in [1.165, 1.54) is 33.4 Å². The van der Waals surface area contributed by atoms with E-state index in [0.717, 1.165) is 0 Å². The molecule has 2 rings (SSSR count). The molecule has 96 valence electrons. The van der Waals surface area contributed by atoms with Gasteiger partial charge in [-0.2, -0.15) is 0 Å². The second-order valence-electron chi connectivity index (χ2n) is 5.18. The molecule has 0 saturated carbocycles. The lowest BCUT2D eigenvalue weighted by Gasteiger charge is -2.00. The first-order chi connectivity index (χ1) is 8.40. The molecule has 0 unspecified atom stereocenters. The van der Waals surface area contributed by atoms with Crippen molar-refractivity contribution in [2.75, 3.05) is 0 Å². The molecule has 0 radical (unpaired) electrons. The quantitative estimate of drug-likeness (QED) is 0.592. The van der Waals surface area contributed by atoms with Gasteiger partial charge < -0.3 is 0 Å². The molecular weight excluding hydrogens is 216 g/mol. The summed E-state index contributed by atoms with van der Waals surface area (Å²) in [5.74, 6) is 0. The SMILES string of the molecule is Cc1cc(C)cc(C)c1.Cc1cccc(C)c1C. The second kappa shape index (κ2) is 6.39. The van der Waals surface area contributed by atoms with E-state index in [1.807, 2.05) is 0 Å². The largest absolute Gasteiger partial charge is 0.0617 e. The molecule has 0 saturated heterocycles. The van der Waals surface area contributed by atoms with Crippen molar-refractivity contribution in [1.29, 1.82) is 0 Å². The van der Waals surface area contributed by atoms with Gasteiger partial charge >= 0.3 is 0 Å². The highest BCUT2D eigenvalue weighted by molar-refractivity contribution is 5.31. The zero-order valence-corrected chi connectivity index (χ0v) is 12.5. The van der Waals surface area contributed by atoms with E-state index >= 15 is 0 Å². The average molecular weight is 240 g/mol. The van der Waals surface area contributed by atoms with Crippen molar-refractivity contribution in [2.45, 2.75) is 41.5 Å². The van der Waals surface area contributed by atoms with Crippen LogP contribution < -0.4 is 0 Å². The Morgan fingerprint density at radius 2 is 0.889 bits per heavy atom. The topological polar surface area (TPSA) is 0 Å². The summed E-state index contributed by atoms with van der Waals surface area (Å²) in [7, 11) is 0. The van der Waals surface area contributed by atoms with E-state index in [9.17, 15) is 0 Å². The van der Waals surface area contributed by atoms with Crippen molar-refractivity contribution in [3.05, 3.63) is 69.8 Å². The van der Waals surface area contributed by atoms with E-state index in [-0.39, 0.29) is 0 Å².